The van der Waals surface area contributed by atoms with E-state index in [0.717, 1.165) is 0 Å². The van der Waals surface area contributed by atoms with Crippen LogP contribution in [0.1, 0.15) is 35.9 Å². The molecule has 0 aliphatic carbocycles. The Morgan fingerprint density at radius 1 is 1.10 bits per heavy atom. The number of rotatable bonds is 4. The van der Waals surface area contributed by atoms with E-state index < -0.39 is 0 Å². The van der Waals surface area contributed by atoms with Gasteiger partial charge in [0.25, 0.3) is 0 Å². The third-order valence-electron chi connectivity index (χ3n) is 2.93. The highest BCUT2D eigenvalue weighted by Gasteiger charge is 2.16. The van der Waals surface area contributed by atoms with Crippen LogP contribution < -0.4 is 10.6 Å². The summed E-state index contributed by atoms with van der Waals surface area (Å²) in [6.45, 7) is 6.27. The van der Waals surface area contributed by atoms with Gasteiger partial charge in [-0.1, -0.05) is 35.9 Å². The van der Waals surface area contributed by atoms with Gasteiger partial charge in [0.1, 0.15) is 0 Å². The summed E-state index contributed by atoms with van der Waals surface area (Å²) in [5.74, 6) is 0. The van der Waals surface area contributed by atoms with E-state index in [9.17, 15) is 0 Å². The van der Waals surface area contributed by atoms with Crippen molar-refractivity contribution in [1.82, 2.24) is 10.6 Å². The summed E-state index contributed by atoms with van der Waals surface area (Å²) in [6, 6.07) is 13.2. The van der Waals surface area contributed by atoms with Crippen LogP contribution in [0.3, 0.4) is 0 Å². The van der Waals surface area contributed by atoms with Crippen LogP contribution in [0.2, 0.25) is 0 Å². The third kappa shape index (κ3) is 4.05. The van der Waals surface area contributed by atoms with Crippen molar-refractivity contribution in [2.75, 3.05) is 0 Å². The molecule has 1 aromatic carbocycles. The van der Waals surface area contributed by atoms with E-state index in [2.05, 4.69) is 73.2 Å². The van der Waals surface area contributed by atoms with Crippen LogP contribution >= 0.6 is 23.6 Å². The molecule has 1 aromatic heterocycles. The van der Waals surface area contributed by atoms with Gasteiger partial charge in [-0.25, -0.2) is 0 Å². The molecule has 106 valence electrons. The van der Waals surface area contributed by atoms with Gasteiger partial charge < -0.3 is 10.6 Å². The quantitative estimate of drug-likeness (QED) is 0.834. The maximum atomic E-state index is 5.39. The molecule has 0 unspecified atom stereocenters. The van der Waals surface area contributed by atoms with Gasteiger partial charge in [-0.05, 0) is 50.0 Å². The molecule has 0 spiro atoms. The Morgan fingerprint density at radius 3 is 2.35 bits per heavy atom. The van der Waals surface area contributed by atoms with E-state index in [1.165, 1.54) is 16.0 Å². The average molecular weight is 304 g/mol. The lowest BCUT2D eigenvalue weighted by atomic mass is 10.0. The number of nitrogens with one attached hydrogen (secondary N) is 2. The van der Waals surface area contributed by atoms with Crippen LogP contribution in [0.25, 0.3) is 0 Å². The maximum Gasteiger partial charge on any atom is 0.167 e. The summed E-state index contributed by atoms with van der Waals surface area (Å²) in [6.07, 6.45) is 0. The molecule has 2 N–H and O–H groups in total. The van der Waals surface area contributed by atoms with Crippen molar-refractivity contribution in [3.8, 4) is 0 Å². The molecule has 1 atom stereocenters. The van der Waals surface area contributed by atoms with E-state index >= 15 is 0 Å². The van der Waals surface area contributed by atoms with Gasteiger partial charge in [-0.2, -0.15) is 0 Å². The molecule has 20 heavy (non-hydrogen) atoms. The Hall–Kier alpha value is -1.39. The van der Waals surface area contributed by atoms with Gasteiger partial charge in [0.15, 0.2) is 5.11 Å². The second-order valence-corrected chi connectivity index (χ2v) is 6.52. The van der Waals surface area contributed by atoms with Gasteiger partial charge in [0.05, 0.1) is 6.04 Å². The molecule has 0 bridgehead atoms. The molecular weight excluding hydrogens is 284 g/mol. The van der Waals surface area contributed by atoms with Crippen LogP contribution in [-0.4, -0.2) is 11.2 Å². The zero-order chi connectivity index (χ0) is 14.5. The zero-order valence-electron chi connectivity index (χ0n) is 12.0. The molecule has 1 heterocycles. The molecule has 0 saturated carbocycles. The van der Waals surface area contributed by atoms with Crippen molar-refractivity contribution >= 4 is 28.7 Å². The Morgan fingerprint density at radius 2 is 1.80 bits per heavy atom. The van der Waals surface area contributed by atoms with Crippen molar-refractivity contribution in [3.05, 3.63) is 57.8 Å². The highest BCUT2D eigenvalue weighted by Crippen LogP contribution is 2.26. The zero-order valence-corrected chi connectivity index (χ0v) is 13.6. The Bertz CT molecular complexity index is 544. The van der Waals surface area contributed by atoms with Gasteiger partial charge >= 0.3 is 0 Å². The number of thiocarbonyl (C=S) groups is 1. The molecule has 0 aliphatic heterocycles. The standard InChI is InChI=1S/C16H20N2S2/c1-11(2)17-16(19)18-15(14-5-4-10-20-14)13-8-6-12(3)7-9-13/h4-11,15H,1-3H3,(H2,17,18,19)/t15-/m0/s1. The number of benzene rings is 1. The summed E-state index contributed by atoms with van der Waals surface area (Å²) in [5.41, 5.74) is 2.49. The molecule has 0 saturated heterocycles. The molecule has 0 amide bonds. The first kappa shape index (κ1) is 15.0. The summed E-state index contributed by atoms with van der Waals surface area (Å²) in [4.78, 5) is 1.27. The minimum absolute atomic E-state index is 0.106. The van der Waals surface area contributed by atoms with Crippen LogP contribution in [0.4, 0.5) is 0 Å². The van der Waals surface area contributed by atoms with Crippen LogP contribution in [-0.2, 0) is 0 Å². The van der Waals surface area contributed by atoms with Crippen LogP contribution in [0.15, 0.2) is 41.8 Å². The van der Waals surface area contributed by atoms with E-state index in [0.29, 0.717) is 11.2 Å². The summed E-state index contributed by atoms with van der Waals surface area (Å²) in [7, 11) is 0. The third-order valence-corrected chi connectivity index (χ3v) is 4.11. The molecule has 2 aromatic rings. The van der Waals surface area contributed by atoms with E-state index in [1.54, 1.807) is 11.3 Å². The lowest BCUT2D eigenvalue weighted by molar-refractivity contribution is 0.688. The van der Waals surface area contributed by atoms with E-state index in [4.69, 9.17) is 12.2 Å². The molecule has 2 nitrogen and oxygen atoms in total. The SMILES string of the molecule is Cc1ccc([C@H](NC(=S)NC(C)C)c2cccs2)cc1. The largest absolute Gasteiger partial charge is 0.361 e. The molecular formula is C16H20N2S2. The number of hydrogen-bond acceptors (Lipinski definition) is 2. The average Bonchev–Trinajstić information content (AvgIpc) is 2.90. The van der Waals surface area contributed by atoms with Gasteiger partial charge in [-0.15, -0.1) is 11.3 Å². The number of hydrogen-bond donors (Lipinski definition) is 2. The summed E-state index contributed by atoms with van der Waals surface area (Å²) in [5, 5.41) is 9.45. The Kier molecular flexibility index (Phi) is 5.15. The van der Waals surface area contributed by atoms with Crippen LogP contribution in [0.5, 0.6) is 0 Å². The molecule has 0 radical (unpaired) electrons. The Balaban J connectivity index is 2.22. The van der Waals surface area contributed by atoms with Crippen molar-refractivity contribution in [1.29, 1.82) is 0 Å². The first-order valence-electron chi connectivity index (χ1n) is 6.73. The lowest BCUT2D eigenvalue weighted by Gasteiger charge is -2.22. The van der Waals surface area contributed by atoms with Gasteiger partial charge in [0.2, 0.25) is 0 Å². The smallest absolute Gasteiger partial charge is 0.167 e. The van der Waals surface area contributed by atoms with Crippen LogP contribution in [0, 0.1) is 6.92 Å². The normalized spacial score (nSPS) is 12.2. The van der Waals surface area contributed by atoms with Crippen molar-refractivity contribution in [3.63, 3.8) is 0 Å². The monoisotopic (exact) mass is 304 g/mol. The fraction of sp³-hybridized carbons (Fsp3) is 0.312. The summed E-state index contributed by atoms with van der Waals surface area (Å²) >= 11 is 7.13. The second-order valence-electron chi connectivity index (χ2n) is 5.13. The topological polar surface area (TPSA) is 24.1 Å². The Labute approximate surface area is 130 Å². The molecule has 0 fully saturated rings. The maximum absolute atomic E-state index is 5.39. The number of thiophene rings is 1. The predicted molar refractivity (Wildman–Crippen MR) is 91.3 cm³/mol. The fourth-order valence-corrected chi connectivity index (χ4v) is 3.12. The first-order valence-corrected chi connectivity index (χ1v) is 8.02. The lowest BCUT2D eigenvalue weighted by Crippen LogP contribution is -2.41. The predicted octanol–water partition coefficient (Wildman–Crippen LogP) is 4.02. The molecule has 4 heteroatoms. The molecule has 0 aliphatic rings. The fourth-order valence-electron chi connectivity index (χ4n) is 1.97. The minimum atomic E-state index is 0.106. The van der Waals surface area contributed by atoms with Gasteiger partial charge in [-0.3, -0.25) is 0 Å². The summed E-state index contributed by atoms with van der Waals surface area (Å²) < 4.78 is 0. The molecule has 2 rings (SSSR count). The van der Waals surface area contributed by atoms with Crippen molar-refractivity contribution < 1.29 is 0 Å². The first-order chi connectivity index (χ1) is 9.56. The van der Waals surface area contributed by atoms with Crippen molar-refractivity contribution in [2.24, 2.45) is 0 Å². The van der Waals surface area contributed by atoms with Crippen molar-refractivity contribution in [2.45, 2.75) is 32.9 Å². The highest BCUT2D eigenvalue weighted by molar-refractivity contribution is 7.80. The van der Waals surface area contributed by atoms with E-state index in [1.807, 2.05) is 0 Å². The minimum Gasteiger partial charge on any atom is -0.361 e. The number of aryl methyl sites for hydroxylation is 1. The second kappa shape index (κ2) is 6.86. The van der Waals surface area contributed by atoms with E-state index in [-0.39, 0.29) is 6.04 Å². The van der Waals surface area contributed by atoms with Gasteiger partial charge in [0, 0.05) is 10.9 Å². The highest BCUT2D eigenvalue weighted by atomic mass is 32.1.